The highest BCUT2D eigenvalue weighted by Gasteiger charge is 2.05. The Labute approximate surface area is 142 Å². The molecule has 0 radical (unpaired) electrons. The molecule has 2 N–H and O–H groups in total. The lowest BCUT2D eigenvalue weighted by Crippen LogP contribution is -1.97. The van der Waals surface area contributed by atoms with Gasteiger partial charge in [0.1, 0.15) is 0 Å². The van der Waals surface area contributed by atoms with E-state index >= 15 is 0 Å². The van der Waals surface area contributed by atoms with Gasteiger partial charge in [0.05, 0.1) is 0 Å². The van der Waals surface area contributed by atoms with Gasteiger partial charge in [-0.2, -0.15) is 0 Å². The summed E-state index contributed by atoms with van der Waals surface area (Å²) in [4.78, 5) is 22.2. The maximum absolute atomic E-state index is 11.1. The van der Waals surface area contributed by atoms with Crippen molar-refractivity contribution in [2.45, 2.75) is 39.5 Å². The second kappa shape index (κ2) is 8.87. The Hall–Kier alpha value is -2.62. The van der Waals surface area contributed by atoms with Crippen molar-refractivity contribution in [3.05, 3.63) is 80.1 Å². The van der Waals surface area contributed by atoms with Crippen molar-refractivity contribution < 1.29 is 10.2 Å². The molecule has 0 unspecified atom stereocenters. The second-order valence-electron chi connectivity index (χ2n) is 6.12. The Morgan fingerprint density at radius 3 is 1.96 bits per heavy atom. The van der Waals surface area contributed by atoms with Crippen LogP contribution in [0.3, 0.4) is 0 Å². The number of aromatic hydroxyl groups is 2. The summed E-state index contributed by atoms with van der Waals surface area (Å²) < 4.78 is 0. The molecule has 0 atom stereocenters. The van der Waals surface area contributed by atoms with Gasteiger partial charge in [0.15, 0.2) is 11.5 Å². The molecule has 0 aliphatic carbocycles. The van der Waals surface area contributed by atoms with Crippen molar-refractivity contribution in [2.75, 3.05) is 0 Å². The smallest absolute Gasteiger partial charge is 0.220 e. The van der Waals surface area contributed by atoms with Crippen molar-refractivity contribution >= 4 is 0 Å². The molecule has 4 heteroatoms. The van der Waals surface area contributed by atoms with Crippen LogP contribution in [0, 0.1) is 0 Å². The first-order chi connectivity index (χ1) is 11.2. The number of rotatable bonds is 2. The molecule has 0 saturated carbocycles. The van der Waals surface area contributed by atoms with Gasteiger partial charge < -0.3 is 10.2 Å². The van der Waals surface area contributed by atoms with Gasteiger partial charge in [0, 0.05) is 5.56 Å². The average molecular weight is 328 g/mol. The highest BCUT2D eigenvalue weighted by Crippen LogP contribution is 2.19. The Kier molecular flexibility index (Phi) is 7.18. The summed E-state index contributed by atoms with van der Waals surface area (Å²) in [6, 6.07) is 12.9. The first kappa shape index (κ1) is 19.4. The molecule has 2 aromatic rings. The molecule has 0 fully saturated rings. The minimum atomic E-state index is -0.316. The van der Waals surface area contributed by atoms with Crippen molar-refractivity contribution in [3.63, 3.8) is 0 Å². The highest BCUT2D eigenvalue weighted by molar-refractivity contribution is 5.32. The van der Waals surface area contributed by atoms with E-state index in [9.17, 15) is 14.7 Å². The van der Waals surface area contributed by atoms with Crippen molar-refractivity contribution in [2.24, 2.45) is 0 Å². The van der Waals surface area contributed by atoms with Crippen LogP contribution in [0.4, 0.5) is 0 Å². The third-order valence-corrected chi connectivity index (χ3v) is 3.52. The summed E-state index contributed by atoms with van der Waals surface area (Å²) in [5.41, 5.74) is 1.01. The monoisotopic (exact) mass is 328 g/mol. The van der Waals surface area contributed by atoms with Gasteiger partial charge >= 0.3 is 0 Å². The summed E-state index contributed by atoms with van der Waals surface area (Å²) >= 11 is 0. The molecular weight excluding hydrogens is 304 g/mol. The minimum Gasteiger partial charge on any atom is -0.504 e. The Morgan fingerprint density at radius 1 is 0.750 bits per heavy atom. The molecule has 0 aromatic heterocycles. The molecule has 0 aliphatic rings. The van der Waals surface area contributed by atoms with Crippen LogP contribution in [0.5, 0.6) is 11.5 Å². The lowest BCUT2D eigenvalue weighted by Gasteiger charge is -2.02. The molecule has 0 amide bonds. The molecule has 0 bridgehead atoms. The zero-order chi connectivity index (χ0) is 18.3. The molecule has 24 heavy (non-hydrogen) atoms. The van der Waals surface area contributed by atoms with Crippen molar-refractivity contribution in [1.29, 1.82) is 0 Å². The maximum atomic E-state index is 11.1. The predicted octanol–water partition coefficient (Wildman–Crippen LogP) is 3.75. The summed E-state index contributed by atoms with van der Waals surface area (Å²) in [7, 11) is 0. The summed E-state index contributed by atoms with van der Waals surface area (Å²) in [6.07, 6.45) is 0. The van der Waals surface area contributed by atoms with Crippen LogP contribution < -0.4 is 10.9 Å². The summed E-state index contributed by atoms with van der Waals surface area (Å²) in [5.74, 6) is 0.159. The van der Waals surface area contributed by atoms with Crippen LogP contribution >= 0.6 is 0 Å². The van der Waals surface area contributed by atoms with Crippen molar-refractivity contribution in [1.82, 2.24) is 0 Å². The first-order valence-corrected chi connectivity index (χ1v) is 7.89. The standard InChI is InChI=1S/2C10H12O2/c1-7(2)8-4-3-5-9(11)10(12)6-8;1-7(2)8-5-3-4-6-9(11)10(8)12/h2*3-7H,1-2H3,(H,11,12). The van der Waals surface area contributed by atoms with Gasteiger partial charge in [-0.3, -0.25) is 9.59 Å². The predicted molar refractivity (Wildman–Crippen MR) is 96.9 cm³/mol. The van der Waals surface area contributed by atoms with E-state index in [1.165, 1.54) is 18.2 Å². The zero-order valence-corrected chi connectivity index (χ0v) is 14.5. The van der Waals surface area contributed by atoms with Crippen LogP contribution in [-0.2, 0) is 0 Å². The number of hydrogen-bond donors (Lipinski definition) is 2. The van der Waals surface area contributed by atoms with E-state index in [2.05, 4.69) is 0 Å². The fourth-order valence-electron chi connectivity index (χ4n) is 2.03. The van der Waals surface area contributed by atoms with E-state index in [1.54, 1.807) is 24.3 Å². The van der Waals surface area contributed by atoms with Crippen LogP contribution in [-0.4, -0.2) is 10.2 Å². The summed E-state index contributed by atoms with van der Waals surface area (Å²) in [5, 5.41) is 18.5. The quantitative estimate of drug-likeness (QED) is 0.880. The molecule has 2 rings (SSSR count). The molecule has 0 saturated heterocycles. The molecule has 0 spiro atoms. The molecule has 2 aromatic carbocycles. The Morgan fingerprint density at radius 2 is 1.38 bits per heavy atom. The van der Waals surface area contributed by atoms with E-state index in [1.807, 2.05) is 33.8 Å². The Balaban J connectivity index is 0.000000240. The fraction of sp³-hybridized carbons (Fsp3) is 0.300. The van der Waals surface area contributed by atoms with E-state index in [4.69, 9.17) is 5.11 Å². The SMILES string of the molecule is CC(C)c1cccc(O)c(=O)c1.CC(C)c1ccccc(=O)c1O. The third kappa shape index (κ3) is 5.54. The fourth-order valence-corrected chi connectivity index (χ4v) is 2.03. The van der Waals surface area contributed by atoms with Gasteiger partial charge in [-0.1, -0.05) is 58.0 Å². The second-order valence-corrected chi connectivity index (χ2v) is 6.12. The lowest BCUT2D eigenvalue weighted by atomic mass is 10.0. The number of hydrogen-bond acceptors (Lipinski definition) is 4. The Bertz CT molecular complexity index is 793. The molecular formula is C20H24O4. The largest absolute Gasteiger partial charge is 0.504 e. The molecule has 4 nitrogen and oxygen atoms in total. The summed E-state index contributed by atoms with van der Waals surface area (Å²) in [6.45, 7) is 7.89. The normalized spacial score (nSPS) is 10.2. The van der Waals surface area contributed by atoms with E-state index in [0.717, 1.165) is 5.56 Å². The average Bonchev–Trinajstić information content (AvgIpc) is 2.78. The third-order valence-electron chi connectivity index (χ3n) is 3.52. The lowest BCUT2D eigenvalue weighted by molar-refractivity contribution is 0.461. The first-order valence-electron chi connectivity index (χ1n) is 7.89. The molecule has 0 heterocycles. The van der Waals surface area contributed by atoms with Crippen LogP contribution in [0.2, 0.25) is 0 Å². The van der Waals surface area contributed by atoms with Gasteiger partial charge in [0.25, 0.3) is 0 Å². The van der Waals surface area contributed by atoms with Gasteiger partial charge in [-0.15, -0.1) is 0 Å². The van der Waals surface area contributed by atoms with Gasteiger partial charge in [-0.05, 0) is 35.6 Å². The highest BCUT2D eigenvalue weighted by atomic mass is 16.3. The molecule has 128 valence electrons. The van der Waals surface area contributed by atoms with E-state index < -0.39 is 0 Å². The van der Waals surface area contributed by atoms with E-state index in [-0.39, 0.29) is 28.3 Å². The van der Waals surface area contributed by atoms with Gasteiger partial charge in [-0.25, -0.2) is 0 Å². The maximum Gasteiger partial charge on any atom is 0.220 e. The zero-order valence-electron chi connectivity index (χ0n) is 14.5. The topological polar surface area (TPSA) is 74.6 Å². The van der Waals surface area contributed by atoms with Crippen molar-refractivity contribution in [3.8, 4) is 11.5 Å². The van der Waals surface area contributed by atoms with Gasteiger partial charge in [0.2, 0.25) is 10.9 Å². The van der Waals surface area contributed by atoms with Crippen LogP contribution in [0.1, 0.15) is 50.7 Å². The minimum absolute atomic E-state index is 0.130. The van der Waals surface area contributed by atoms with Crippen LogP contribution in [0.15, 0.2) is 58.1 Å². The van der Waals surface area contributed by atoms with Crippen LogP contribution in [0.25, 0.3) is 0 Å². The van der Waals surface area contributed by atoms with E-state index in [0.29, 0.717) is 11.5 Å². The molecule has 0 aliphatic heterocycles.